The summed E-state index contributed by atoms with van der Waals surface area (Å²) < 4.78 is 23.5. The molecule has 94 valence electrons. The minimum Gasteiger partial charge on any atom is -0.497 e. The van der Waals surface area contributed by atoms with Crippen LogP contribution in [0.15, 0.2) is 42.5 Å². The molecule has 18 heavy (non-hydrogen) atoms. The van der Waals surface area contributed by atoms with Gasteiger partial charge in [0.05, 0.1) is 7.11 Å². The molecule has 0 aliphatic rings. The molecule has 0 aromatic heterocycles. The molecule has 0 saturated carbocycles. The van der Waals surface area contributed by atoms with E-state index in [0.29, 0.717) is 23.8 Å². The van der Waals surface area contributed by atoms with Gasteiger partial charge < -0.3 is 15.2 Å². The molecular formula is C14H14FNO2. The molecule has 0 amide bonds. The average Bonchev–Trinajstić information content (AvgIpc) is 2.37. The van der Waals surface area contributed by atoms with Crippen LogP contribution in [0.1, 0.15) is 5.56 Å². The van der Waals surface area contributed by atoms with Crippen molar-refractivity contribution >= 4 is 5.69 Å². The number of ether oxygens (including phenoxy) is 2. The number of hydrogen-bond donors (Lipinski definition) is 1. The van der Waals surface area contributed by atoms with Crippen molar-refractivity contribution < 1.29 is 13.9 Å². The van der Waals surface area contributed by atoms with Crippen molar-refractivity contribution in [3.8, 4) is 11.5 Å². The molecule has 0 aliphatic carbocycles. The Morgan fingerprint density at radius 1 is 1.11 bits per heavy atom. The Morgan fingerprint density at radius 3 is 2.61 bits per heavy atom. The summed E-state index contributed by atoms with van der Waals surface area (Å²) in [4.78, 5) is 0. The van der Waals surface area contributed by atoms with Crippen LogP contribution in [0.4, 0.5) is 10.1 Å². The van der Waals surface area contributed by atoms with E-state index in [1.54, 1.807) is 31.4 Å². The third-order valence-corrected chi connectivity index (χ3v) is 2.54. The smallest absolute Gasteiger partial charge is 0.126 e. The molecule has 2 aromatic rings. The zero-order chi connectivity index (χ0) is 13.0. The van der Waals surface area contributed by atoms with E-state index >= 15 is 0 Å². The zero-order valence-corrected chi connectivity index (χ0v) is 10.0. The van der Waals surface area contributed by atoms with E-state index in [9.17, 15) is 4.39 Å². The third kappa shape index (κ3) is 2.91. The largest absolute Gasteiger partial charge is 0.497 e. The number of nitrogen functional groups attached to an aromatic ring is 1. The fraction of sp³-hybridized carbons (Fsp3) is 0.143. The number of nitrogens with two attached hydrogens (primary N) is 1. The molecule has 2 rings (SSSR count). The van der Waals surface area contributed by atoms with Crippen LogP contribution in [0.5, 0.6) is 11.5 Å². The minimum absolute atomic E-state index is 0.291. The Balaban J connectivity index is 2.06. The molecule has 0 saturated heterocycles. The average molecular weight is 247 g/mol. The van der Waals surface area contributed by atoms with Crippen molar-refractivity contribution in [3.05, 3.63) is 53.8 Å². The molecule has 0 spiro atoms. The highest BCUT2D eigenvalue weighted by atomic mass is 19.1. The number of methoxy groups -OCH3 is 1. The van der Waals surface area contributed by atoms with Crippen LogP contribution < -0.4 is 15.2 Å². The highest BCUT2D eigenvalue weighted by molar-refractivity contribution is 5.51. The van der Waals surface area contributed by atoms with Crippen molar-refractivity contribution in [2.45, 2.75) is 6.61 Å². The van der Waals surface area contributed by atoms with Crippen molar-refractivity contribution in [2.24, 2.45) is 0 Å². The van der Waals surface area contributed by atoms with Crippen LogP contribution in [-0.2, 0) is 6.61 Å². The summed E-state index contributed by atoms with van der Waals surface area (Å²) in [7, 11) is 1.58. The molecular weight excluding hydrogens is 233 g/mol. The van der Waals surface area contributed by atoms with E-state index in [0.717, 1.165) is 5.56 Å². The number of rotatable bonds is 4. The summed E-state index contributed by atoms with van der Waals surface area (Å²) >= 11 is 0. The normalized spacial score (nSPS) is 10.1. The minimum atomic E-state index is -0.324. The SMILES string of the molecule is COc1ccc(COc2cccc(F)c2)c(N)c1. The highest BCUT2D eigenvalue weighted by Gasteiger charge is 2.03. The number of halogens is 1. The molecule has 3 nitrogen and oxygen atoms in total. The van der Waals surface area contributed by atoms with E-state index in [1.165, 1.54) is 12.1 Å². The fourth-order valence-corrected chi connectivity index (χ4v) is 1.55. The molecule has 0 radical (unpaired) electrons. The molecule has 0 aliphatic heterocycles. The van der Waals surface area contributed by atoms with Gasteiger partial charge in [-0.2, -0.15) is 0 Å². The van der Waals surface area contributed by atoms with Gasteiger partial charge >= 0.3 is 0 Å². The van der Waals surface area contributed by atoms with Crippen LogP contribution in [0.3, 0.4) is 0 Å². The second-order valence-electron chi connectivity index (χ2n) is 3.81. The van der Waals surface area contributed by atoms with Gasteiger partial charge in [0, 0.05) is 23.4 Å². The maximum atomic E-state index is 12.9. The van der Waals surface area contributed by atoms with Crippen molar-refractivity contribution in [1.82, 2.24) is 0 Å². The summed E-state index contributed by atoms with van der Waals surface area (Å²) in [6.45, 7) is 0.291. The lowest BCUT2D eigenvalue weighted by molar-refractivity contribution is 0.305. The maximum Gasteiger partial charge on any atom is 0.126 e. The molecule has 2 aromatic carbocycles. The molecule has 0 unspecified atom stereocenters. The molecule has 4 heteroatoms. The van der Waals surface area contributed by atoms with E-state index in [4.69, 9.17) is 15.2 Å². The highest BCUT2D eigenvalue weighted by Crippen LogP contribution is 2.21. The number of hydrogen-bond acceptors (Lipinski definition) is 3. The van der Waals surface area contributed by atoms with Gasteiger partial charge in [0.1, 0.15) is 23.9 Å². The van der Waals surface area contributed by atoms with Crippen LogP contribution in [0.2, 0.25) is 0 Å². The van der Waals surface area contributed by atoms with Gasteiger partial charge in [-0.05, 0) is 24.3 Å². The lowest BCUT2D eigenvalue weighted by Gasteiger charge is -2.09. The lowest BCUT2D eigenvalue weighted by Crippen LogP contribution is -2.00. The van der Waals surface area contributed by atoms with E-state index in [-0.39, 0.29) is 5.82 Å². The first kappa shape index (κ1) is 12.2. The molecule has 0 heterocycles. The van der Waals surface area contributed by atoms with Crippen molar-refractivity contribution in [2.75, 3.05) is 12.8 Å². The summed E-state index contributed by atoms with van der Waals surface area (Å²) in [5.74, 6) is 0.849. The van der Waals surface area contributed by atoms with Crippen LogP contribution in [-0.4, -0.2) is 7.11 Å². The summed E-state index contributed by atoms with van der Waals surface area (Å²) in [5.41, 5.74) is 7.28. The fourth-order valence-electron chi connectivity index (χ4n) is 1.55. The second-order valence-corrected chi connectivity index (χ2v) is 3.81. The van der Waals surface area contributed by atoms with Crippen LogP contribution in [0, 0.1) is 5.82 Å². The lowest BCUT2D eigenvalue weighted by atomic mass is 10.2. The van der Waals surface area contributed by atoms with Crippen molar-refractivity contribution in [3.63, 3.8) is 0 Å². The first-order valence-corrected chi connectivity index (χ1v) is 5.50. The molecule has 0 fully saturated rings. The van der Waals surface area contributed by atoms with Crippen LogP contribution >= 0.6 is 0 Å². The van der Waals surface area contributed by atoms with Gasteiger partial charge in [-0.3, -0.25) is 0 Å². The quantitative estimate of drug-likeness (QED) is 0.845. The predicted octanol–water partition coefficient (Wildman–Crippen LogP) is 3.00. The van der Waals surface area contributed by atoms with E-state index in [1.807, 2.05) is 6.07 Å². The zero-order valence-electron chi connectivity index (χ0n) is 10.0. The second kappa shape index (κ2) is 5.40. The van der Waals surface area contributed by atoms with E-state index in [2.05, 4.69) is 0 Å². The standard InChI is InChI=1S/C14H14FNO2/c1-17-12-6-5-10(14(16)8-12)9-18-13-4-2-3-11(15)7-13/h2-8H,9,16H2,1H3. The van der Waals surface area contributed by atoms with Gasteiger partial charge in [-0.15, -0.1) is 0 Å². The topological polar surface area (TPSA) is 44.5 Å². The Morgan fingerprint density at radius 2 is 1.94 bits per heavy atom. The Kier molecular flexibility index (Phi) is 3.67. The first-order valence-electron chi connectivity index (χ1n) is 5.50. The number of benzene rings is 2. The van der Waals surface area contributed by atoms with Crippen LogP contribution in [0.25, 0.3) is 0 Å². The third-order valence-electron chi connectivity index (χ3n) is 2.54. The maximum absolute atomic E-state index is 12.9. The van der Waals surface area contributed by atoms with Gasteiger partial charge in [0.15, 0.2) is 0 Å². The molecule has 0 atom stereocenters. The van der Waals surface area contributed by atoms with Gasteiger partial charge in [-0.1, -0.05) is 6.07 Å². The molecule has 2 N–H and O–H groups in total. The Hall–Kier alpha value is -2.23. The van der Waals surface area contributed by atoms with Gasteiger partial charge in [0.25, 0.3) is 0 Å². The Bertz CT molecular complexity index is 543. The summed E-state index contributed by atoms with van der Waals surface area (Å²) in [5, 5.41) is 0. The Labute approximate surface area is 105 Å². The summed E-state index contributed by atoms with van der Waals surface area (Å²) in [6.07, 6.45) is 0. The first-order chi connectivity index (χ1) is 8.69. The number of anilines is 1. The predicted molar refractivity (Wildman–Crippen MR) is 68.1 cm³/mol. The summed E-state index contributed by atoms with van der Waals surface area (Å²) in [6, 6.07) is 11.4. The van der Waals surface area contributed by atoms with Gasteiger partial charge in [0.2, 0.25) is 0 Å². The van der Waals surface area contributed by atoms with Crippen molar-refractivity contribution in [1.29, 1.82) is 0 Å². The molecule has 0 bridgehead atoms. The monoisotopic (exact) mass is 247 g/mol. The van der Waals surface area contributed by atoms with E-state index < -0.39 is 0 Å². The van der Waals surface area contributed by atoms with Gasteiger partial charge in [-0.25, -0.2) is 4.39 Å².